The zero-order chi connectivity index (χ0) is 15.6. The second kappa shape index (κ2) is 5.82. The zero-order valence-electron chi connectivity index (χ0n) is 11.3. The van der Waals surface area contributed by atoms with Crippen molar-refractivity contribution in [3.8, 4) is 11.3 Å². The molecule has 7 heteroatoms. The maximum atomic E-state index is 12.3. The molecule has 0 saturated heterocycles. The van der Waals surface area contributed by atoms with E-state index in [1.54, 1.807) is 42.6 Å². The summed E-state index contributed by atoms with van der Waals surface area (Å²) in [5, 5.41) is 6.91. The highest BCUT2D eigenvalue weighted by molar-refractivity contribution is 7.92. The van der Waals surface area contributed by atoms with E-state index < -0.39 is 10.0 Å². The average Bonchev–Trinajstić information content (AvgIpc) is 3.02. The minimum Gasteiger partial charge on any atom is -0.280 e. The Bertz CT molecular complexity index is 875. The minimum atomic E-state index is -3.71. The lowest BCUT2D eigenvalue weighted by Crippen LogP contribution is -2.13. The van der Waals surface area contributed by atoms with Gasteiger partial charge in [-0.1, -0.05) is 35.9 Å². The van der Waals surface area contributed by atoms with Crippen molar-refractivity contribution in [1.82, 2.24) is 10.2 Å². The molecule has 1 aromatic heterocycles. The normalized spacial score (nSPS) is 11.3. The van der Waals surface area contributed by atoms with Gasteiger partial charge in [-0.2, -0.15) is 5.10 Å². The van der Waals surface area contributed by atoms with Gasteiger partial charge in [-0.05, 0) is 35.9 Å². The van der Waals surface area contributed by atoms with E-state index in [4.69, 9.17) is 11.6 Å². The van der Waals surface area contributed by atoms with Crippen molar-refractivity contribution in [2.45, 2.75) is 4.90 Å². The molecule has 2 aromatic carbocycles. The molecule has 22 heavy (non-hydrogen) atoms. The van der Waals surface area contributed by atoms with Gasteiger partial charge in [0.15, 0.2) is 0 Å². The largest absolute Gasteiger partial charge is 0.280 e. The van der Waals surface area contributed by atoms with Crippen molar-refractivity contribution in [2.24, 2.45) is 0 Å². The SMILES string of the molecule is O=S(=O)(Nc1ccc(-c2ccn[nH]2)cc1)c1ccccc1Cl. The highest BCUT2D eigenvalue weighted by atomic mass is 35.5. The molecule has 112 valence electrons. The molecule has 0 radical (unpaired) electrons. The fourth-order valence-electron chi connectivity index (χ4n) is 2.01. The molecule has 3 rings (SSSR count). The molecule has 0 bridgehead atoms. The van der Waals surface area contributed by atoms with Gasteiger partial charge < -0.3 is 0 Å². The van der Waals surface area contributed by atoms with E-state index in [0.717, 1.165) is 11.3 Å². The summed E-state index contributed by atoms with van der Waals surface area (Å²) in [6.45, 7) is 0. The lowest BCUT2D eigenvalue weighted by molar-refractivity contribution is 0.601. The van der Waals surface area contributed by atoms with Crippen molar-refractivity contribution in [1.29, 1.82) is 0 Å². The monoisotopic (exact) mass is 333 g/mol. The molecule has 0 unspecified atom stereocenters. The van der Waals surface area contributed by atoms with Crippen LogP contribution in [0.15, 0.2) is 65.7 Å². The maximum Gasteiger partial charge on any atom is 0.263 e. The summed E-state index contributed by atoms with van der Waals surface area (Å²) in [7, 11) is -3.71. The number of nitrogens with zero attached hydrogens (tertiary/aromatic N) is 1. The van der Waals surface area contributed by atoms with Crippen LogP contribution in [0.5, 0.6) is 0 Å². The van der Waals surface area contributed by atoms with E-state index in [1.165, 1.54) is 12.1 Å². The molecule has 2 N–H and O–H groups in total. The number of benzene rings is 2. The predicted molar refractivity (Wildman–Crippen MR) is 86.3 cm³/mol. The number of aromatic nitrogens is 2. The Hall–Kier alpha value is -2.31. The van der Waals surface area contributed by atoms with Crippen LogP contribution in [0.3, 0.4) is 0 Å². The molecule has 5 nitrogen and oxygen atoms in total. The third-order valence-electron chi connectivity index (χ3n) is 3.08. The van der Waals surface area contributed by atoms with Crippen molar-refractivity contribution in [2.75, 3.05) is 4.72 Å². The zero-order valence-corrected chi connectivity index (χ0v) is 12.9. The van der Waals surface area contributed by atoms with Crippen molar-refractivity contribution < 1.29 is 8.42 Å². The number of hydrogen-bond acceptors (Lipinski definition) is 3. The summed E-state index contributed by atoms with van der Waals surface area (Å²) < 4.78 is 27.2. The Labute approximate surface area is 133 Å². The predicted octanol–water partition coefficient (Wildman–Crippen LogP) is 3.53. The van der Waals surface area contributed by atoms with Crippen LogP contribution in [0, 0.1) is 0 Å². The molecule has 0 fully saturated rings. The lowest BCUT2D eigenvalue weighted by Gasteiger charge is -2.09. The molecule has 0 aliphatic carbocycles. The molecule has 0 aliphatic heterocycles. The summed E-state index contributed by atoms with van der Waals surface area (Å²) in [5.74, 6) is 0. The van der Waals surface area contributed by atoms with Gasteiger partial charge in [0.2, 0.25) is 0 Å². The first-order chi connectivity index (χ1) is 10.6. The minimum absolute atomic E-state index is 0.0503. The molecule has 0 aliphatic rings. The molecule has 0 amide bonds. The van der Waals surface area contributed by atoms with Crippen molar-refractivity contribution in [3.05, 3.63) is 65.8 Å². The highest BCUT2D eigenvalue weighted by Crippen LogP contribution is 2.24. The van der Waals surface area contributed by atoms with Gasteiger partial charge in [0.25, 0.3) is 10.0 Å². The van der Waals surface area contributed by atoms with Gasteiger partial charge in [0, 0.05) is 11.9 Å². The first-order valence-corrected chi connectivity index (χ1v) is 8.29. The number of nitrogens with one attached hydrogen (secondary N) is 2. The van der Waals surface area contributed by atoms with Crippen LogP contribution >= 0.6 is 11.6 Å². The van der Waals surface area contributed by atoms with E-state index in [9.17, 15) is 8.42 Å². The molecule has 0 saturated carbocycles. The van der Waals surface area contributed by atoms with Crippen LogP contribution in [0.25, 0.3) is 11.3 Å². The van der Waals surface area contributed by atoms with Gasteiger partial charge >= 0.3 is 0 Å². The van der Waals surface area contributed by atoms with Gasteiger partial charge in [0.1, 0.15) is 4.90 Å². The van der Waals surface area contributed by atoms with Crippen LogP contribution in [0.2, 0.25) is 5.02 Å². The summed E-state index contributed by atoms with van der Waals surface area (Å²) >= 11 is 5.94. The highest BCUT2D eigenvalue weighted by Gasteiger charge is 2.17. The number of hydrogen-bond donors (Lipinski definition) is 2. The Morgan fingerprint density at radius 2 is 1.73 bits per heavy atom. The number of sulfonamides is 1. The van der Waals surface area contributed by atoms with Crippen LogP contribution in [-0.2, 0) is 10.0 Å². The van der Waals surface area contributed by atoms with Crippen LogP contribution in [0.1, 0.15) is 0 Å². The first-order valence-electron chi connectivity index (χ1n) is 6.43. The summed E-state index contributed by atoms with van der Waals surface area (Å²) in [4.78, 5) is 0.0503. The van der Waals surface area contributed by atoms with E-state index in [-0.39, 0.29) is 9.92 Å². The lowest BCUT2D eigenvalue weighted by atomic mass is 10.1. The van der Waals surface area contributed by atoms with Crippen LogP contribution < -0.4 is 4.72 Å². The fourth-order valence-corrected chi connectivity index (χ4v) is 3.59. The molecular formula is C15H12ClN3O2S. The Morgan fingerprint density at radius 3 is 2.36 bits per heavy atom. The van der Waals surface area contributed by atoms with Crippen LogP contribution in [0.4, 0.5) is 5.69 Å². The van der Waals surface area contributed by atoms with Gasteiger partial charge in [-0.15, -0.1) is 0 Å². The number of rotatable bonds is 4. The second-order valence-electron chi connectivity index (χ2n) is 4.58. The molecule has 1 heterocycles. The van der Waals surface area contributed by atoms with E-state index in [0.29, 0.717) is 5.69 Å². The second-order valence-corrected chi connectivity index (χ2v) is 6.64. The smallest absolute Gasteiger partial charge is 0.263 e. The summed E-state index contributed by atoms with van der Waals surface area (Å²) in [6.07, 6.45) is 1.66. The van der Waals surface area contributed by atoms with E-state index in [1.807, 2.05) is 6.07 Å². The number of anilines is 1. The maximum absolute atomic E-state index is 12.3. The van der Waals surface area contributed by atoms with Crippen molar-refractivity contribution >= 4 is 27.3 Å². The van der Waals surface area contributed by atoms with Crippen LogP contribution in [-0.4, -0.2) is 18.6 Å². The van der Waals surface area contributed by atoms with Gasteiger partial charge in [-0.3, -0.25) is 9.82 Å². The third-order valence-corrected chi connectivity index (χ3v) is 4.96. The first kappa shape index (κ1) is 14.6. The Balaban J connectivity index is 1.86. The van der Waals surface area contributed by atoms with Gasteiger partial charge in [0.05, 0.1) is 10.7 Å². The summed E-state index contributed by atoms with van der Waals surface area (Å²) in [5.41, 5.74) is 2.24. The van der Waals surface area contributed by atoms with Crippen molar-refractivity contribution in [3.63, 3.8) is 0 Å². The molecule has 3 aromatic rings. The number of H-pyrrole nitrogens is 1. The molecular weight excluding hydrogens is 322 g/mol. The summed E-state index contributed by atoms with van der Waals surface area (Å²) in [6, 6.07) is 15.1. The standard InChI is InChI=1S/C15H12ClN3O2S/c16-13-3-1-2-4-15(13)22(20,21)19-12-7-5-11(6-8-12)14-9-10-17-18-14/h1-10,19H,(H,17,18). The van der Waals surface area contributed by atoms with E-state index in [2.05, 4.69) is 14.9 Å². The molecule has 0 spiro atoms. The number of halogens is 1. The third kappa shape index (κ3) is 2.98. The van der Waals surface area contributed by atoms with Gasteiger partial charge in [-0.25, -0.2) is 8.42 Å². The fraction of sp³-hybridized carbons (Fsp3) is 0. The van der Waals surface area contributed by atoms with E-state index >= 15 is 0 Å². The number of aromatic amines is 1. The molecule has 0 atom stereocenters. The Kier molecular flexibility index (Phi) is 3.87. The quantitative estimate of drug-likeness (QED) is 0.767. The average molecular weight is 334 g/mol. The topological polar surface area (TPSA) is 74.8 Å². The Morgan fingerprint density at radius 1 is 1.00 bits per heavy atom.